The summed E-state index contributed by atoms with van der Waals surface area (Å²) < 4.78 is 5.32. The van der Waals surface area contributed by atoms with Gasteiger partial charge in [-0.3, -0.25) is 0 Å². The predicted octanol–water partition coefficient (Wildman–Crippen LogP) is 2.31. The van der Waals surface area contributed by atoms with Crippen molar-refractivity contribution in [1.82, 2.24) is 5.32 Å². The van der Waals surface area contributed by atoms with Gasteiger partial charge in [0.1, 0.15) is 0 Å². The molecule has 106 valence electrons. The van der Waals surface area contributed by atoms with Gasteiger partial charge in [0, 0.05) is 31.9 Å². The lowest BCUT2D eigenvalue weighted by Crippen LogP contribution is -2.46. The molecule has 1 aliphatic heterocycles. The van der Waals surface area contributed by atoms with Gasteiger partial charge in [-0.05, 0) is 30.5 Å². The summed E-state index contributed by atoms with van der Waals surface area (Å²) in [5.74, 6) is 0.722. The molecule has 2 rings (SSSR count). The van der Waals surface area contributed by atoms with Crippen molar-refractivity contribution >= 4 is 5.69 Å². The van der Waals surface area contributed by atoms with Crippen molar-refractivity contribution in [3.63, 3.8) is 0 Å². The zero-order valence-corrected chi connectivity index (χ0v) is 12.4. The molecule has 0 saturated carbocycles. The Hall–Kier alpha value is -1.06. The summed E-state index contributed by atoms with van der Waals surface area (Å²) in [7, 11) is 1.77. The number of benzene rings is 1. The van der Waals surface area contributed by atoms with Gasteiger partial charge in [-0.2, -0.15) is 0 Å². The van der Waals surface area contributed by atoms with Crippen LogP contribution in [-0.4, -0.2) is 39.4 Å². The molecular weight excluding hydrogens is 236 g/mol. The maximum Gasteiger partial charge on any atom is 0.0633 e. The summed E-state index contributed by atoms with van der Waals surface area (Å²) in [6, 6.07) is 9.19. The molecule has 1 N–H and O–H groups in total. The van der Waals surface area contributed by atoms with Crippen molar-refractivity contribution in [2.24, 2.45) is 5.92 Å². The fourth-order valence-electron chi connectivity index (χ4n) is 3.01. The highest BCUT2D eigenvalue weighted by atomic mass is 16.5. The van der Waals surface area contributed by atoms with Gasteiger partial charge < -0.3 is 15.0 Å². The average molecular weight is 262 g/mol. The van der Waals surface area contributed by atoms with Crippen LogP contribution in [0.25, 0.3) is 0 Å². The van der Waals surface area contributed by atoms with Crippen LogP contribution in [0.3, 0.4) is 0 Å². The molecule has 0 aliphatic carbocycles. The van der Waals surface area contributed by atoms with Gasteiger partial charge >= 0.3 is 0 Å². The SMILES string of the molecule is CCNC(COC)CN1CC(C)Cc2ccccc21. The molecule has 0 fully saturated rings. The van der Waals surface area contributed by atoms with Crippen molar-refractivity contribution in [2.45, 2.75) is 26.3 Å². The molecule has 0 bridgehead atoms. The van der Waals surface area contributed by atoms with Crippen LogP contribution in [0.5, 0.6) is 0 Å². The van der Waals surface area contributed by atoms with Crippen molar-refractivity contribution < 1.29 is 4.74 Å². The number of hydrogen-bond donors (Lipinski definition) is 1. The minimum absolute atomic E-state index is 0.397. The van der Waals surface area contributed by atoms with Crippen LogP contribution in [0.15, 0.2) is 24.3 Å². The number of nitrogens with zero attached hydrogens (tertiary/aromatic N) is 1. The molecule has 19 heavy (non-hydrogen) atoms. The predicted molar refractivity (Wildman–Crippen MR) is 80.9 cm³/mol. The zero-order chi connectivity index (χ0) is 13.7. The number of rotatable bonds is 6. The zero-order valence-electron chi connectivity index (χ0n) is 12.4. The van der Waals surface area contributed by atoms with Gasteiger partial charge in [0.25, 0.3) is 0 Å². The van der Waals surface area contributed by atoms with Gasteiger partial charge in [0.05, 0.1) is 6.61 Å². The molecule has 0 amide bonds. The van der Waals surface area contributed by atoms with Crippen LogP contribution < -0.4 is 10.2 Å². The highest BCUT2D eigenvalue weighted by Gasteiger charge is 2.23. The summed E-state index contributed by atoms with van der Waals surface area (Å²) in [4.78, 5) is 2.51. The van der Waals surface area contributed by atoms with E-state index in [0.717, 1.165) is 32.2 Å². The summed E-state index contributed by atoms with van der Waals surface area (Å²) in [6.45, 7) is 8.39. The molecule has 1 aromatic rings. The van der Waals surface area contributed by atoms with Gasteiger partial charge in [-0.15, -0.1) is 0 Å². The van der Waals surface area contributed by atoms with Crippen LogP contribution in [0, 0.1) is 5.92 Å². The van der Waals surface area contributed by atoms with E-state index in [1.54, 1.807) is 7.11 Å². The van der Waals surface area contributed by atoms with Crippen LogP contribution in [0.2, 0.25) is 0 Å². The Bertz CT molecular complexity index is 388. The second-order valence-corrected chi connectivity index (χ2v) is 5.55. The van der Waals surface area contributed by atoms with E-state index < -0.39 is 0 Å². The molecule has 1 aliphatic rings. The van der Waals surface area contributed by atoms with E-state index in [1.165, 1.54) is 17.7 Å². The fourth-order valence-corrected chi connectivity index (χ4v) is 3.01. The summed E-state index contributed by atoms with van der Waals surface area (Å²) in [5, 5.41) is 3.51. The van der Waals surface area contributed by atoms with E-state index in [1.807, 2.05) is 0 Å². The number of anilines is 1. The van der Waals surface area contributed by atoms with Crippen molar-refractivity contribution in [1.29, 1.82) is 0 Å². The number of para-hydroxylation sites is 1. The monoisotopic (exact) mass is 262 g/mol. The van der Waals surface area contributed by atoms with Gasteiger partial charge in [-0.1, -0.05) is 32.0 Å². The smallest absolute Gasteiger partial charge is 0.0633 e. The van der Waals surface area contributed by atoms with E-state index in [9.17, 15) is 0 Å². The summed E-state index contributed by atoms with van der Waals surface area (Å²) in [5.41, 5.74) is 2.88. The third-order valence-electron chi connectivity index (χ3n) is 3.73. The molecule has 3 nitrogen and oxygen atoms in total. The quantitative estimate of drug-likeness (QED) is 0.851. The number of nitrogens with one attached hydrogen (secondary N) is 1. The Labute approximate surface area is 116 Å². The van der Waals surface area contributed by atoms with Crippen molar-refractivity contribution in [3.8, 4) is 0 Å². The normalized spacial score (nSPS) is 20.2. The highest BCUT2D eigenvalue weighted by Crippen LogP contribution is 2.29. The van der Waals surface area contributed by atoms with E-state index in [2.05, 4.69) is 48.3 Å². The number of likely N-dealkylation sites (N-methyl/N-ethyl adjacent to an activating group) is 1. The fraction of sp³-hybridized carbons (Fsp3) is 0.625. The maximum absolute atomic E-state index is 5.32. The van der Waals surface area contributed by atoms with Crippen LogP contribution in [-0.2, 0) is 11.2 Å². The first-order chi connectivity index (χ1) is 9.24. The Kier molecular flexibility index (Phi) is 5.23. The Balaban J connectivity index is 2.10. The van der Waals surface area contributed by atoms with Crippen LogP contribution in [0.1, 0.15) is 19.4 Å². The van der Waals surface area contributed by atoms with Crippen LogP contribution in [0.4, 0.5) is 5.69 Å². The minimum atomic E-state index is 0.397. The summed E-state index contributed by atoms with van der Waals surface area (Å²) in [6.07, 6.45) is 1.20. The molecule has 2 unspecified atom stereocenters. The summed E-state index contributed by atoms with van der Waals surface area (Å²) >= 11 is 0. The Morgan fingerprint density at radius 1 is 1.42 bits per heavy atom. The third-order valence-corrected chi connectivity index (χ3v) is 3.73. The first-order valence-corrected chi connectivity index (χ1v) is 7.29. The lowest BCUT2D eigenvalue weighted by atomic mass is 9.93. The lowest BCUT2D eigenvalue weighted by Gasteiger charge is -2.37. The standard InChI is InChI=1S/C16H26N2O/c1-4-17-15(12-19-3)11-18-10-13(2)9-14-7-5-6-8-16(14)18/h5-8,13,15,17H,4,9-12H2,1-3H3. The number of hydrogen-bond acceptors (Lipinski definition) is 3. The van der Waals surface area contributed by atoms with Crippen molar-refractivity contribution in [3.05, 3.63) is 29.8 Å². The van der Waals surface area contributed by atoms with E-state index in [0.29, 0.717) is 6.04 Å². The largest absolute Gasteiger partial charge is 0.383 e. The number of methoxy groups -OCH3 is 1. The molecule has 2 atom stereocenters. The topological polar surface area (TPSA) is 24.5 Å². The second kappa shape index (κ2) is 6.92. The molecule has 0 spiro atoms. The number of ether oxygens (including phenoxy) is 1. The van der Waals surface area contributed by atoms with E-state index >= 15 is 0 Å². The van der Waals surface area contributed by atoms with E-state index in [-0.39, 0.29) is 0 Å². The van der Waals surface area contributed by atoms with Gasteiger partial charge in [-0.25, -0.2) is 0 Å². The molecule has 1 heterocycles. The first-order valence-electron chi connectivity index (χ1n) is 7.29. The lowest BCUT2D eigenvalue weighted by molar-refractivity contribution is 0.168. The third kappa shape index (κ3) is 3.71. The molecule has 0 aromatic heterocycles. The maximum atomic E-state index is 5.32. The molecular formula is C16H26N2O. The number of fused-ring (bicyclic) bond motifs is 1. The Morgan fingerprint density at radius 2 is 2.21 bits per heavy atom. The van der Waals surface area contributed by atoms with E-state index in [4.69, 9.17) is 4.74 Å². The Morgan fingerprint density at radius 3 is 2.95 bits per heavy atom. The second-order valence-electron chi connectivity index (χ2n) is 5.55. The molecule has 0 saturated heterocycles. The van der Waals surface area contributed by atoms with Gasteiger partial charge in [0.2, 0.25) is 0 Å². The van der Waals surface area contributed by atoms with Crippen molar-refractivity contribution in [2.75, 3.05) is 38.3 Å². The molecule has 0 radical (unpaired) electrons. The average Bonchev–Trinajstić information content (AvgIpc) is 2.39. The van der Waals surface area contributed by atoms with Crippen LogP contribution >= 0.6 is 0 Å². The minimum Gasteiger partial charge on any atom is -0.383 e. The highest BCUT2D eigenvalue weighted by molar-refractivity contribution is 5.55. The first kappa shape index (κ1) is 14.4. The molecule has 3 heteroatoms. The van der Waals surface area contributed by atoms with Gasteiger partial charge in [0.15, 0.2) is 0 Å². The molecule has 1 aromatic carbocycles.